The molecule has 0 unspecified atom stereocenters. The maximum atomic E-state index is 11.1. The fraction of sp³-hybridized carbons (Fsp3) is 0.0769. The highest BCUT2D eigenvalue weighted by atomic mass is 32.2. The average molecular weight is 336 g/mol. The lowest BCUT2D eigenvalue weighted by atomic mass is 10.2. The van der Waals surface area contributed by atoms with Crippen LogP contribution in [-0.2, 0) is 10.1 Å². The van der Waals surface area contributed by atoms with Gasteiger partial charge in [-0.05, 0) is 36.4 Å². The Kier molecular flexibility index (Phi) is 4.67. The minimum Gasteiger partial charge on any atom is -0.350 e. The van der Waals surface area contributed by atoms with Crippen molar-refractivity contribution >= 4 is 32.9 Å². The van der Waals surface area contributed by atoms with Crippen LogP contribution in [0.5, 0.6) is 0 Å². The normalized spacial score (nSPS) is 11.6. The Morgan fingerprint density at radius 1 is 1.17 bits per heavy atom. The molecular weight excluding hydrogens is 324 g/mol. The number of benzene rings is 2. The van der Waals surface area contributed by atoms with E-state index in [2.05, 4.69) is 15.5 Å². The zero-order valence-corrected chi connectivity index (χ0v) is 12.7. The van der Waals surface area contributed by atoms with Crippen molar-refractivity contribution in [1.82, 2.24) is 0 Å². The molecule has 2 rings (SSSR count). The summed E-state index contributed by atoms with van der Waals surface area (Å²) in [6, 6.07) is 9.68. The zero-order valence-electron chi connectivity index (χ0n) is 11.9. The van der Waals surface area contributed by atoms with E-state index in [0.717, 1.165) is 12.1 Å². The summed E-state index contributed by atoms with van der Waals surface area (Å²) in [6.45, 7) is 0. The Labute approximate surface area is 131 Å². The standard InChI is InChI=1S/C13H12N4O5S/c1-14-16-10-4-2-9(3-5-10)15-12-7-6-11(23(20,21)22)8-13(12)17(18)19/h2-8,15H,1H3,(H,20,21,22). The number of nitrogens with one attached hydrogen (secondary N) is 1. The second kappa shape index (κ2) is 6.50. The predicted molar refractivity (Wildman–Crippen MR) is 83.1 cm³/mol. The highest BCUT2D eigenvalue weighted by Crippen LogP contribution is 2.30. The van der Waals surface area contributed by atoms with Gasteiger partial charge in [-0.15, -0.1) is 0 Å². The van der Waals surface area contributed by atoms with Crippen molar-refractivity contribution in [2.24, 2.45) is 10.2 Å². The van der Waals surface area contributed by atoms with E-state index >= 15 is 0 Å². The van der Waals surface area contributed by atoms with Crippen molar-refractivity contribution in [2.45, 2.75) is 4.90 Å². The molecule has 2 aromatic carbocycles. The molecule has 0 bridgehead atoms. The van der Waals surface area contributed by atoms with Gasteiger partial charge in [-0.2, -0.15) is 18.6 Å². The van der Waals surface area contributed by atoms with Gasteiger partial charge in [-0.3, -0.25) is 14.7 Å². The Bertz CT molecular complexity index is 862. The van der Waals surface area contributed by atoms with Gasteiger partial charge in [0.15, 0.2) is 0 Å². The molecule has 0 aromatic heterocycles. The Hall–Kier alpha value is -2.85. The third kappa shape index (κ3) is 4.08. The summed E-state index contributed by atoms with van der Waals surface area (Å²) in [4.78, 5) is 9.81. The lowest BCUT2D eigenvalue weighted by Crippen LogP contribution is -2.02. The number of hydrogen-bond acceptors (Lipinski definition) is 7. The van der Waals surface area contributed by atoms with Crippen LogP contribution in [0.4, 0.5) is 22.7 Å². The molecule has 0 aliphatic heterocycles. The maximum absolute atomic E-state index is 11.1. The molecule has 0 spiro atoms. The van der Waals surface area contributed by atoms with Crippen LogP contribution < -0.4 is 5.32 Å². The third-order valence-electron chi connectivity index (χ3n) is 2.83. The van der Waals surface area contributed by atoms with Crippen LogP contribution >= 0.6 is 0 Å². The number of nitro groups is 1. The number of anilines is 2. The summed E-state index contributed by atoms with van der Waals surface area (Å²) in [5.74, 6) is 0. The SMILES string of the molecule is CN=Nc1ccc(Nc2ccc(S(=O)(=O)O)cc2[N+](=O)[O-])cc1. The van der Waals surface area contributed by atoms with Crippen LogP contribution in [0.1, 0.15) is 0 Å². The first-order valence-corrected chi connectivity index (χ1v) is 7.68. The molecule has 120 valence electrons. The van der Waals surface area contributed by atoms with E-state index in [4.69, 9.17) is 4.55 Å². The second-order valence-electron chi connectivity index (χ2n) is 4.38. The van der Waals surface area contributed by atoms with Crippen molar-refractivity contribution in [2.75, 3.05) is 12.4 Å². The van der Waals surface area contributed by atoms with E-state index in [1.807, 2.05) is 0 Å². The van der Waals surface area contributed by atoms with Crippen molar-refractivity contribution < 1.29 is 17.9 Å². The van der Waals surface area contributed by atoms with Crippen LogP contribution in [-0.4, -0.2) is 24.9 Å². The highest BCUT2D eigenvalue weighted by molar-refractivity contribution is 7.85. The van der Waals surface area contributed by atoms with Crippen LogP contribution in [0.15, 0.2) is 57.6 Å². The summed E-state index contributed by atoms with van der Waals surface area (Å²) in [5.41, 5.74) is 0.779. The minimum atomic E-state index is -4.52. The van der Waals surface area contributed by atoms with E-state index in [1.165, 1.54) is 13.1 Å². The molecule has 0 atom stereocenters. The van der Waals surface area contributed by atoms with Crippen molar-refractivity contribution in [3.8, 4) is 0 Å². The fourth-order valence-electron chi connectivity index (χ4n) is 1.81. The molecule has 2 N–H and O–H groups in total. The summed E-state index contributed by atoms with van der Waals surface area (Å²) >= 11 is 0. The predicted octanol–water partition coefficient (Wildman–Crippen LogP) is 3.30. The van der Waals surface area contributed by atoms with Crippen LogP contribution in [0.2, 0.25) is 0 Å². The Morgan fingerprint density at radius 3 is 2.35 bits per heavy atom. The molecule has 0 aliphatic rings. The molecule has 0 amide bonds. The molecule has 10 heteroatoms. The smallest absolute Gasteiger partial charge is 0.294 e. The number of nitrogens with zero attached hydrogens (tertiary/aromatic N) is 3. The first-order valence-electron chi connectivity index (χ1n) is 6.24. The van der Waals surface area contributed by atoms with Gasteiger partial charge in [0.1, 0.15) is 10.6 Å². The van der Waals surface area contributed by atoms with Gasteiger partial charge in [0.25, 0.3) is 15.8 Å². The van der Waals surface area contributed by atoms with Gasteiger partial charge in [-0.25, -0.2) is 0 Å². The van der Waals surface area contributed by atoms with Gasteiger partial charge < -0.3 is 5.32 Å². The van der Waals surface area contributed by atoms with E-state index < -0.39 is 25.6 Å². The topological polar surface area (TPSA) is 134 Å². The molecule has 9 nitrogen and oxygen atoms in total. The quantitative estimate of drug-likeness (QED) is 0.372. The molecule has 0 aliphatic carbocycles. The first kappa shape index (κ1) is 16.5. The van der Waals surface area contributed by atoms with Crippen molar-refractivity contribution in [3.05, 3.63) is 52.6 Å². The second-order valence-corrected chi connectivity index (χ2v) is 5.80. The highest BCUT2D eigenvalue weighted by Gasteiger charge is 2.19. The van der Waals surface area contributed by atoms with Crippen molar-refractivity contribution in [3.63, 3.8) is 0 Å². The van der Waals surface area contributed by atoms with Gasteiger partial charge >= 0.3 is 0 Å². The van der Waals surface area contributed by atoms with E-state index in [-0.39, 0.29) is 5.69 Å². The first-order chi connectivity index (χ1) is 10.8. The molecular formula is C13H12N4O5S. The Morgan fingerprint density at radius 2 is 1.83 bits per heavy atom. The Balaban J connectivity index is 2.37. The molecule has 0 fully saturated rings. The average Bonchev–Trinajstić information content (AvgIpc) is 2.48. The molecule has 0 radical (unpaired) electrons. The van der Waals surface area contributed by atoms with Gasteiger partial charge in [-0.1, -0.05) is 0 Å². The monoisotopic (exact) mass is 336 g/mol. The van der Waals surface area contributed by atoms with Gasteiger partial charge in [0.05, 0.1) is 10.6 Å². The largest absolute Gasteiger partial charge is 0.350 e. The fourth-order valence-corrected chi connectivity index (χ4v) is 2.31. The number of nitro benzene ring substituents is 1. The lowest BCUT2D eigenvalue weighted by Gasteiger charge is -2.08. The molecule has 0 heterocycles. The summed E-state index contributed by atoms with van der Waals surface area (Å²) in [5, 5.41) is 21.4. The molecule has 23 heavy (non-hydrogen) atoms. The number of hydrogen-bond donors (Lipinski definition) is 2. The summed E-state index contributed by atoms with van der Waals surface area (Å²) in [7, 11) is -2.98. The van der Waals surface area contributed by atoms with E-state index in [9.17, 15) is 18.5 Å². The molecule has 0 saturated carbocycles. The van der Waals surface area contributed by atoms with E-state index in [1.54, 1.807) is 24.3 Å². The number of rotatable bonds is 5. The van der Waals surface area contributed by atoms with Gasteiger partial charge in [0, 0.05) is 18.8 Å². The van der Waals surface area contributed by atoms with Crippen molar-refractivity contribution in [1.29, 1.82) is 0 Å². The third-order valence-corrected chi connectivity index (χ3v) is 3.68. The molecule has 0 saturated heterocycles. The summed E-state index contributed by atoms with van der Waals surface area (Å²) in [6.07, 6.45) is 0. The molecule has 2 aromatic rings. The maximum Gasteiger partial charge on any atom is 0.294 e. The van der Waals surface area contributed by atoms with Crippen LogP contribution in [0.3, 0.4) is 0 Å². The van der Waals surface area contributed by atoms with Gasteiger partial charge in [0.2, 0.25) is 0 Å². The lowest BCUT2D eigenvalue weighted by molar-refractivity contribution is -0.384. The minimum absolute atomic E-state index is 0.0901. The summed E-state index contributed by atoms with van der Waals surface area (Å²) < 4.78 is 31.1. The van der Waals surface area contributed by atoms with Crippen LogP contribution in [0, 0.1) is 10.1 Å². The number of azo groups is 1. The zero-order chi connectivity index (χ0) is 17.0. The van der Waals surface area contributed by atoms with E-state index in [0.29, 0.717) is 11.4 Å². The van der Waals surface area contributed by atoms with Crippen LogP contribution in [0.25, 0.3) is 0 Å².